The van der Waals surface area contributed by atoms with Crippen LogP contribution in [0.5, 0.6) is 5.75 Å². The molecule has 0 N–H and O–H groups in total. The molecule has 0 bridgehead atoms. The van der Waals surface area contributed by atoms with Crippen molar-refractivity contribution < 1.29 is 19.1 Å². The highest BCUT2D eigenvalue weighted by atomic mass is 16.5. The van der Waals surface area contributed by atoms with Crippen molar-refractivity contribution in [1.29, 1.82) is 0 Å². The summed E-state index contributed by atoms with van der Waals surface area (Å²) >= 11 is 0. The molecule has 0 heterocycles. The predicted octanol–water partition coefficient (Wildman–Crippen LogP) is 3.44. The third kappa shape index (κ3) is 5.11. The van der Waals surface area contributed by atoms with Crippen LogP contribution < -0.4 is 4.74 Å². The molecule has 2 rings (SSSR count). The largest absolute Gasteiger partial charge is 0.497 e. The zero-order valence-electron chi connectivity index (χ0n) is 13.1. The van der Waals surface area contributed by atoms with E-state index in [2.05, 4.69) is 0 Å². The molecule has 0 saturated carbocycles. The third-order valence-electron chi connectivity index (χ3n) is 3.23. The number of ether oxygens (including phenoxy) is 2. The average molecular weight is 310 g/mol. The van der Waals surface area contributed by atoms with Gasteiger partial charge < -0.3 is 9.47 Å². The molecule has 0 saturated heterocycles. The van der Waals surface area contributed by atoms with Crippen LogP contribution in [0.3, 0.4) is 0 Å². The minimum Gasteiger partial charge on any atom is -0.497 e. The number of benzene rings is 2. The van der Waals surface area contributed by atoms with Gasteiger partial charge in [0.1, 0.15) is 5.75 Å². The van der Waals surface area contributed by atoms with Gasteiger partial charge in [0, 0.05) is 11.6 Å². The summed E-state index contributed by atoms with van der Waals surface area (Å²) in [5, 5.41) is 0. The first kappa shape index (κ1) is 16.5. The van der Waals surface area contributed by atoms with Gasteiger partial charge in [-0.05, 0) is 30.7 Å². The number of hydrogen-bond donors (Lipinski definition) is 0. The number of ketones is 1. The molecule has 0 spiro atoms. The second kappa shape index (κ2) is 7.94. The molecule has 0 aliphatic carbocycles. The third-order valence-corrected chi connectivity index (χ3v) is 3.23. The van der Waals surface area contributed by atoms with Crippen molar-refractivity contribution in [2.45, 2.75) is 6.92 Å². The Hall–Kier alpha value is -2.88. The number of carbonyl (C=O) groups is 2. The lowest BCUT2D eigenvalue weighted by atomic mass is 10.1. The van der Waals surface area contributed by atoms with Crippen LogP contribution in [0.1, 0.15) is 21.5 Å². The summed E-state index contributed by atoms with van der Waals surface area (Å²) in [5.41, 5.74) is 2.49. The summed E-state index contributed by atoms with van der Waals surface area (Å²) < 4.78 is 10.0. The van der Waals surface area contributed by atoms with Crippen LogP contribution in [0, 0.1) is 6.92 Å². The zero-order valence-corrected chi connectivity index (χ0v) is 13.1. The van der Waals surface area contributed by atoms with Gasteiger partial charge >= 0.3 is 5.97 Å². The molecule has 0 unspecified atom stereocenters. The van der Waals surface area contributed by atoms with Crippen LogP contribution in [0.2, 0.25) is 0 Å². The number of rotatable bonds is 6. The summed E-state index contributed by atoms with van der Waals surface area (Å²) in [4.78, 5) is 23.6. The van der Waals surface area contributed by atoms with Gasteiger partial charge in [-0.3, -0.25) is 4.79 Å². The summed E-state index contributed by atoms with van der Waals surface area (Å²) in [7, 11) is 1.53. The second-order valence-corrected chi connectivity index (χ2v) is 5.01. The summed E-state index contributed by atoms with van der Waals surface area (Å²) in [5.74, 6) is -0.246. The highest BCUT2D eigenvalue weighted by Gasteiger charge is 2.09. The molecule has 0 amide bonds. The maximum Gasteiger partial charge on any atom is 0.331 e. The zero-order chi connectivity index (χ0) is 16.7. The van der Waals surface area contributed by atoms with E-state index in [1.54, 1.807) is 30.3 Å². The van der Waals surface area contributed by atoms with Crippen LogP contribution in [-0.4, -0.2) is 25.5 Å². The van der Waals surface area contributed by atoms with E-state index >= 15 is 0 Å². The van der Waals surface area contributed by atoms with E-state index in [9.17, 15) is 9.59 Å². The van der Waals surface area contributed by atoms with Gasteiger partial charge in [-0.1, -0.05) is 42.0 Å². The normalized spacial score (nSPS) is 10.5. The van der Waals surface area contributed by atoms with Crippen molar-refractivity contribution in [3.8, 4) is 5.75 Å². The lowest BCUT2D eigenvalue weighted by Crippen LogP contribution is -2.12. The lowest BCUT2D eigenvalue weighted by molar-refractivity contribution is -0.136. The van der Waals surface area contributed by atoms with Gasteiger partial charge in [0.15, 0.2) is 12.4 Å². The highest BCUT2D eigenvalue weighted by molar-refractivity contribution is 5.99. The van der Waals surface area contributed by atoms with E-state index in [0.717, 1.165) is 11.1 Å². The van der Waals surface area contributed by atoms with Crippen molar-refractivity contribution in [3.63, 3.8) is 0 Å². The molecule has 0 aliphatic heterocycles. The SMILES string of the molecule is COc1cccc(C(=O)COC(=O)/C=C/c2ccc(C)cc2)c1. The van der Waals surface area contributed by atoms with Gasteiger partial charge in [-0.2, -0.15) is 0 Å². The quantitative estimate of drug-likeness (QED) is 0.466. The first-order valence-corrected chi connectivity index (χ1v) is 7.17. The van der Waals surface area contributed by atoms with E-state index in [-0.39, 0.29) is 12.4 Å². The number of aryl methyl sites for hydroxylation is 1. The van der Waals surface area contributed by atoms with Gasteiger partial charge in [0.05, 0.1) is 7.11 Å². The van der Waals surface area contributed by atoms with E-state index in [4.69, 9.17) is 9.47 Å². The van der Waals surface area contributed by atoms with Crippen LogP contribution in [0.25, 0.3) is 6.08 Å². The Balaban J connectivity index is 1.88. The van der Waals surface area contributed by atoms with Gasteiger partial charge in [-0.15, -0.1) is 0 Å². The molecule has 23 heavy (non-hydrogen) atoms. The average Bonchev–Trinajstić information content (AvgIpc) is 2.59. The first-order valence-electron chi connectivity index (χ1n) is 7.17. The maximum atomic E-state index is 12.0. The molecule has 2 aromatic rings. The molecular formula is C19H18O4. The fraction of sp³-hybridized carbons (Fsp3) is 0.158. The molecular weight excluding hydrogens is 292 g/mol. The van der Waals surface area contributed by atoms with Crippen LogP contribution >= 0.6 is 0 Å². The smallest absolute Gasteiger partial charge is 0.331 e. The number of methoxy groups -OCH3 is 1. The monoisotopic (exact) mass is 310 g/mol. The van der Waals surface area contributed by atoms with Gasteiger partial charge in [-0.25, -0.2) is 4.79 Å². The molecule has 118 valence electrons. The van der Waals surface area contributed by atoms with Crippen LogP contribution in [0.15, 0.2) is 54.6 Å². The van der Waals surface area contributed by atoms with Crippen molar-refractivity contribution in [3.05, 3.63) is 71.3 Å². The molecule has 4 nitrogen and oxygen atoms in total. The van der Waals surface area contributed by atoms with Gasteiger partial charge in [0.2, 0.25) is 0 Å². The lowest BCUT2D eigenvalue weighted by Gasteiger charge is -2.04. The molecule has 0 aromatic heterocycles. The Morgan fingerprint density at radius 2 is 1.83 bits per heavy atom. The molecule has 4 heteroatoms. The summed E-state index contributed by atoms with van der Waals surface area (Å²) in [6.45, 7) is 1.69. The Bertz CT molecular complexity index is 714. The van der Waals surface area contributed by atoms with E-state index < -0.39 is 5.97 Å². The van der Waals surface area contributed by atoms with E-state index in [1.807, 2.05) is 31.2 Å². The second-order valence-electron chi connectivity index (χ2n) is 5.01. The number of Topliss-reactive ketones (excluding diaryl/α,β-unsaturated/α-hetero) is 1. The summed E-state index contributed by atoms with van der Waals surface area (Å²) in [6, 6.07) is 14.4. The molecule has 2 aromatic carbocycles. The Morgan fingerprint density at radius 1 is 1.09 bits per heavy atom. The molecule has 0 fully saturated rings. The van der Waals surface area contributed by atoms with E-state index in [1.165, 1.54) is 13.2 Å². The molecule has 0 aliphatic rings. The van der Waals surface area contributed by atoms with Crippen molar-refractivity contribution in [2.75, 3.05) is 13.7 Å². The van der Waals surface area contributed by atoms with Gasteiger partial charge in [0.25, 0.3) is 0 Å². The number of hydrogen-bond acceptors (Lipinski definition) is 4. The molecule has 0 atom stereocenters. The number of carbonyl (C=O) groups excluding carboxylic acids is 2. The standard InChI is InChI=1S/C19H18O4/c1-14-6-8-15(9-7-14)10-11-19(21)23-13-18(20)16-4-3-5-17(12-16)22-2/h3-12H,13H2,1-2H3/b11-10+. The predicted molar refractivity (Wildman–Crippen MR) is 88.5 cm³/mol. The molecule has 0 radical (unpaired) electrons. The maximum absolute atomic E-state index is 12.0. The van der Waals surface area contributed by atoms with Crippen molar-refractivity contribution >= 4 is 17.8 Å². The fourth-order valence-electron chi connectivity index (χ4n) is 1.91. The minimum absolute atomic E-state index is 0.277. The minimum atomic E-state index is -0.554. The van der Waals surface area contributed by atoms with Crippen molar-refractivity contribution in [2.24, 2.45) is 0 Å². The topological polar surface area (TPSA) is 52.6 Å². The van der Waals surface area contributed by atoms with Crippen LogP contribution in [0.4, 0.5) is 0 Å². The van der Waals surface area contributed by atoms with E-state index in [0.29, 0.717) is 11.3 Å². The fourth-order valence-corrected chi connectivity index (χ4v) is 1.91. The Morgan fingerprint density at radius 3 is 2.52 bits per heavy atom. The Labute approximate surface area is 135 Å². The van der Waals surface area contributed by atoms with Crippen molar-refractivity contribution in [1.82, 2.24) is 0 Å². The number of esters is 1. The first-order chi connectivity index (χ1) is 11.1. The summed E-state index contributed by atoms with van der Waals surface area (Å²) in [6.07, 6.45) is 2.96. The highest BCUT2D eigenvalue weighted by Crippen LogP contribution is 2.13. The van der Waals surface area contributed by atoms with Crippen LogP contribution in [-0.2, 0) is 9.53 Å². The Kier molecular flexibility index (Phi) is 5.69.